The lowest BCUT2D eigenvalue weighted by molar-refractivity contribution is 0.0220. The quantitative estimate of drug-likeness (QED) is 0.859. The maximum absolute atomic E-state index is 13.4. The SMILES string of the molecule is O=C1c2cc(-c3ccc(C4CCNCC4)cc3)ccc2CN1F. The van der Waals surface area contributed by atoms with Gasteiger partial charge in [-0.1, -0.05) is 40.9 Å². The van der Waals surface area contributed by atoms with Crippen molar-refractivity contribution < 1.29 is 9.28 Å². The van der Waals surface area contributed by atoms with Crippen molar-refractivity contribution in [1.29, 1.82) is 0 Å². The second-order valence-electron chi connectivity index (χ2n) is 6.34. The van der Waals surface area contributed by atoms with Gasteiger partial charge >= 0.3 is 0 Å². The Morgan fingerprint density at radius 2 is 1.70 bits per heavy atom. The van der Waals surface area contributed by atoms with Gasteiger partial charge in [0, 0.05) is 5.56 Å². The van der Waals surface area contributed by atoms with Gasteiger partial charge < -0.3 is 5.32 Å². The number of carbonyl (C=O) groups is 1. The lowest BCUT2D eigenvalue weighted by Gasteiger charge is -2.23. The van der Waals surface area contributed by atoms with Crippen LogP contribution in [0.1, 0.15) is 40.2 Å². The van der Waals surface area contributed by atoms with E-state index in [0.29, 0.717) is 11.5 Å². The van der Waals surface area contributed by atoms with Crippen LogP contribution in [0.15, 0.2) is 42.5 Å². The molecule has 1 saturated heterocycles. The van der Waals surface area contributed by atoms with Crippen LogP contribution >= 0.6 is 0 Å². The molecule has 2 aliphatic rings. The Labute approximate surface area is 135 Å². The molecule has 0 atom stereocenters. The van der Waals surface area contributed by atoms with Crippen LogP contribution in [0.5, 0.6) is 0 Å². The molecule has 118 valence electrons. The van der Waals surface area contributed by atoms with Crippen molar-refractivity contribution in [3.8, 4) is 11.1 Å². The zero-order chi connectivity index (χ0) is 15.8. The summed E-state index contributed by atoms with van der Waals surface area (Å²) in [5.41, 5.74) is 4.64. The lowest BCUT2D eigenvalue weighted by atomic mass is 9.89. The molecule has 0 saturated carbocycles. The Bertz CT molecular complexity index is 736. The minimum absolute atomic E-state index is 0.0586. The molecule has 1 N–H and O–H groups in total. The van der Waals surface area contributed by atoms with Gasteiger partial charge in [-0.15, -0.1) is 0 Å². The number of nitrogens with one attached hydrogen (secondary N) is 1. The fraction of sp³-hybridized carbons (Fsp3) is 0.316. The van der Waals surface area contributed by atoms with Crippen molar-refractivity contribution in [1.82, 2.24) is 10.4 Å². The highest BCUT2D eigenvalue weighted by Crippen LogP contribution is 2.31. The highest BCUT2D eigenvalue weighted by atomic mass is 19.2. The topological polar surface area (TPSA) is 32.3 Å². The van der Waals surface area contributed by atoms with Crippen molar-refractivity contribution in [3.63, 3.8) is 0 Å². The summed E-state index contributed by atoms with van der Waals surface area (Å²) in [7, 11) is 0. The normalized spacial score (nSPS) is 18.3. The van der Waals surface area contributed by atoms with Crippen molar-refractivity contribution >= 4 is 5.91 Å². The van der Waals surface area contributed by atoms with Gasteiger partial charge in [0.15, 0.2) is 0 Å². The first-order chi connectivity index (χ1) is 11.2. The number of amides is 1. The minimum Gasteiger partial charge on any atom is -0.317 e. The number of carbonyl (C=O) groups excluding carboxylic acids is 1. The third kappa shape index (κ3) is 2.63. The fourth-order valence-corrected chi connectivity index (χ4v) is 3.55. The molecule has 2 aromatic carbocycles. The van der Waals surface area contributed by atoms with E-state index in [9.17, 15) is 9.28 Å². The fourth-order valence-electron chi connectivity index (χ4n) is 3.55. The largest absolute Gasteiger partial charge is 0.317 e. The number of rotatable bonds is 2. The van der Waals surface area contributed by atoms with E-state index >= 15 is 0 Å². The Hall–Kier alpha value is -2.20. The van der Waals surface area contributed by atoms with Crippen molar-refractivity contribution in [2.45, 2.75) is 25.3 Å². The molecule has 23 heavy (non-hydrogen) atoms. The number of hydrogen-bond donors (Lipinski definition) is 1. The molecule has 1 fully saturated rings. The molecule has 4 heteroatoms. The van der Waals surface area contributed by atoms with Crippen molar-refractivity contribution in [3.05, 3.63) is 59.2 Å². The summed E-state index contributed by atoms with van der Waals surface area (Å²) in [4.78, 5) is 11.8. The molecular formula is C19H19FN2O. The van der Waals surface area contributed by atoms with Crippen molar-refractivity contribution in [2.75, 3.05) is 13.1 Å². The zero-order valence-electron chi connectivity index (χ0n) is 12.9. The van der Waals surface area contributed by atoms with Crippen LogP contribution in [0, 0.1) is 0 Å². The summed E-state index contributed by atoms with van der Waals surface area (Å²) in [6.07, 6.45) is 2.36. The molecule has 0 bridgehead atoms. The number of benzene rings is 2. The van der Waals surface area contributed by atoms with Gasteiger partial charge in [-0.2, -0.15) is 5.12 Å². The second-order valence-corrected chi connectivity index (χ2v) is 6.34. The standard InChI is InChI=1S/C19H19FN2O/c20-22-12-17-6-5-16(11-18(17)19(22)23)14-3-1-13(2-4-14)15-7-9-21-10-8-15/h1-6,11,15,21H,7-10,12H2. The first-order valence-electron chi connectivity index (χ1n) is 8.14. The Morgan fingerprint density at radius 1 is 1.00 bits per heavy atom. The first kappa shape index (κ1) is 14.4. The van der Waals surface area contributed by atoms with Gasteiger partial charge in [-0.25, -0.2) is 0 Å². The van der Waals surface area contributed by atoms with E-state index in [2.05, 4.69) is 29.6 Å². The van der Waals surface area contributed by atoms with Gasteiger partial charge in [0.1, 0.15) is 0 Å². The monoisotopic (exact) mass is 310 g/mol. The van der Waals surface area contributed by atoms with Crippen LogP contribution in [-0.4, -0.2) is 24.1 Å². The average molecular weight is 310 g/mol. The smallest absolute Gasteiger partial charge is 0.282 e. The van der Waals surface area contributed by atoms with Crippen LogP contribution in [0.2, 0.25) is 0 Å². The predicted molar refractivity (Wildman–Crippen MR) is 87.7 cm³/mol. The van der Waals surface area contributed by atoms with E-state index < -0.39 is 5.91 Å². The Kier molecular flexibility index (Phi) is 3.62. The molecule has 2 aromatic rings. The summed E-state index contributed by atoms with van der Waals surface area (Å²) >= 11 is 0. The Morgan fingerprint density at radius 3 is 2.43 bits per heavy atom. The highest BCUT2D eigenvalue weighted by Gasteiger charge is 2.27. The maximum Gasteiger partial charge on any atom is 0.282 e. The number of halogens is 1. The number of piperidine rings is 1. The highest BCUT2D eigenvalue weighted by molar-refractivity contribution is 5.98. The molecular weight excluding hydrogens is 291 g/mol. The number of fused-ring (bicyclic) bond motifs is 1. The van der Waals surface area contributed by atoms with E-state index in [1.54, 1.807) is 6.07 Å². The van der Waals surface area contributed by atoms with Gasteiger partial charge in [-0.3, -0.25) is 4.79 Å². The van der Waals surface area contributed by atoms with E-state index in [-0.39, 0.29) is 11.7 Å². The van der Waals surface area contributed by atoms with Crippen molar-refractivity contribution in [2.24, 2.45) is 0 Å². The predicted octanol–water partition coefficient (Wildman–Crippen LogP) is 3.66. The molecule has 0 spiro atoms. The summed E-state index contributed by atoms with van der Waals surface area (Å²) in [6, 6.07) is 14.2. The number of nitrogens with zero attached hydrogens (tertiary/aromatic N) is 1. The maximum atomic E-state index is 13.4. The average Bonchev–Trinajstić information content (AvgIpc) is 2.90. The molecule has 2 heterocycles. The van der Waals surface area contributed by atoms with Gasteiger partial charge in [0.05, 0.1) is 6.54 Å². The third-order valence-electron chi connectivity index (χ3n) is 4.92. The number of hydrogen-bond acceptors (Lipinski definition) is 2. The summed E-state index contributed by atoms with van der Waals surface area (Å²) in [6.45, 7) is 2.22. The van der Waals surface area contributed by atoms with Crippen LogP contribution in [0.3, 0.4) is 0 Å². The minimum atomic E-state index is -0.534. The first-order valence-corrected chi connectivity index (χ1v) is 8.14. The van der Waals surface area contributed by atoms with Gasteiger partial charge in [0.2, 0.25) is 0 Å². The lowest BCUT2D eigenvalue weighted by Crippen LogP contribution is -2.26. The van der Waals surface area contributed by atoms with Gasteiger partial charge in [0.25, 0.3) is 5.91 Å². The van der Waals surface area contributed by atoms with Crippen LogP contribution in [0.25, 0.3) is 11.1 Å². The van der Waals surface area contributed by atoms with Gasteiger partial charge in [-0.05, 0) is 60.2 Å². The van der Waals surface area contributed by atoms with E-state index in [1.807, 2.05) is 12.1 Å². The van der Waals surface area contributed by atoms with Crippen LogP contribution in [0.4, 0.5) is 4.48 Å². The molecule has 0 radical (unpaired) electrons. The molecule has 0 unspecified atom stereocenters. The molecule has 0 aliphatic carbocycles. The van der Waals surface area contributed by atoms with E-state index in [4.69, 9.17) is 0 Å². The summed E-state index contributed by atoms with van der Waals surface area (Å²) in [5, 5.41) is 3.66. The molecule has 1 amide bonds. The van der Waals surface area contributed by atoms with E-state index in [0.717, 1.165) is 29.8 Å². The van der Waals surface area contributed by atoms with Crippen LogP contribution in [-0.2, 0) is 6.54 Å². The van der Waals surface area contributed by atoms with Crippen LogP contribution < -0.4 is 5.32 Å². The molecule has 2 aliphatic heterocycles. The summed E-state index contributed by atoms with van der Waals surface area (Å²) in [5.74, 6) is 0.0974. The Balaban J connectivity index is 1.60. The second kappa shape index (κ2) is 5.78. The molecule has 3 nitrogen and oxygen atoms in total. The molecule has 4 rings (SSSR count). The molecule has 0 aromatic heterocycles. The zero-order valence-corrected chi connectivity index (χ0v) is 12.9. The third-order valence-corrected chi connectivity index (χ3v) is 4.92. The summed E-state index contributed by atoms with van der Waals surface area (Å²) < 4.78 is 13.4. The van der Waals surface area contributed by atoms with E-state index in [1.165, 1.54) is 18.4 Å².